The van der Waals surface area contributed by atoms with Gasteiger partial charge in [-0.2, -0.15) is 9.90 Å². The van der Waals surface area contributed by atoms with Crippen LogP contribution in [0.3, 0.4) is 0 Å². The van der Waals surface area contributed by atoms with E-state index in [1.807, 2.05) is 30.3 Å². The molecule has 2 heterocycles. The number of Topliss-reactive ketones (excluding diaryl/α,β-unsaturated/α-hetero) is 1. The monoisotopic (exact) mass is 404 g/mol. The Hall–Kier alpha value is -3.81. The van der Waals surface area contributed by atoms with Gasteiger partial charge < -0.3 is 9.64 Å². The average Bonchev–Trinajstić information content (AvgIpc) is 3.38. The number of hydrogen-bond donors (Lipinski definition) is 0. The minimum absolute atomic E-state index is 0.0644. The van der Waals surface area contributed by atoms with Gasteiger partial charge in [-0.1, -0.05) is 18.2 Å². The van der Waals surface area contributed by atoms with Crippen LogP contribution in [-0.2, 0) is 9.53 Å². The molecule has 1 aromatic heterocycles. The molecule has 8 nitrogen and oxygen atoms in total. The largest absolute Gasteiger partial charge is 0.452 e. The zero-order chi connectivity index (χ0) is 21.1. The van der Waals surface area contributed by atoms with Gasteiger partial charge in [-0.3, -0.25) is 9.59 Å². The van der Waals surface area contributed by atoms with Gasteiger partial charge in [0.05, 0.1) is 11.4 Å². The van der Waals surface area contributed by atoms with Crippen LogP contribution in [0.5, 0.6) is 0 Å². The molecule has 0 aliphatic carbocycles. The highest BCUT2D eigenvalue weighted by Crippen LogP contribution is 2.21. The summed E-state index contributed by atoms with van der Waals surface area (Å²) in [6.07, 6.45) is 1.38. The molecule has 0 unspecified atom stereocenters. The molecule has 1 amide bonds. The van der Waals surface area contributed by atoms with E-state index in [1.165, 1.54) is 4.80 Å². The summed E-state index contributed by atoms with van der Waals surface area (Å²) < 4.78 is 5.15. The third-order valence-corrected chi connectivity index (χ3v) is 4.87. The molecular weight excluding hydrogens is 384 g/mol. The van der Waals surface area contributed by atoms with Crippen molar-refractivity contribution < 1.29 is 19.1 Å². The van der Waals surface area contributed by atoms with Crippen molar-refractivity contribution in [3.8, 4) is 5.69 Å². The van der Waals surface area contributed by atoms with Crippen LogP contribution in [0.4, 0.5) is 5.69 Å². The predicted octanol–water partition coefficient (Wildman–Crippen LogP) is 2.74. The van der Waals surface area contributed by atoms with E-state index in [0.29, 0.717) is 29.9 Å². The molecule has 4 rings (SSSR count). The first kappa shape index (κ1) is 19.5. The number of para-hydroxylation sites is 1. The molecule has 1 saturated heterocycles. The molecule has 1 aliphatic heterocycles. The van der Waals surface area contributed by atoms with E-state index in [4.69, 9.17) is 4.74 Å². The van der Waals surface area contributed by atoms with E-state index >= 15 is 0 Å². The number of carbonyl (C=O) groups is 3. The maximum absolute atomic E-state index is 12.4. The van der Waals surface area contributed by atoms with Gasteiger partial charge in [0, 0.05) is 24.2 Å². The summed E-state index contributed by atoms with van der Waals surface area (Å²) >= 11 is 0. The molecule has 2 aromatic carbocycles. The molecule has 0 radical (unpaired) electrons. The van der Waals surface area contributed by atoms with E-state index in [-0.39, 0.29) is 17.4 Å². The lowest BCUT2D eigenvalue weighted by atomic mass is 10.1. The first-order valence-corrected chi connectivity index (χ1v) is 9.63. The Morgan fingerprint density at radius 2 is 1.73 bits per heavy atom. The van der Waals surface area contributed by atoms with Crippen LogP contribution in [0.25, 0.3) is 5.69 Å². The Labute approximate surface area is 173 Å². The quantitative estimate of drug-likeness (QED) is 0.463. The molecule has 1 aliphatic rings. The number of amides is 1. The summed E-state index contributed by atoms with van der Waals surface area (Å²) in [6.45, 7) is 1.94. The van der Waals surface area contributed by atoms with Gasteiger partial charge in [-0.25, -0.2) is 4.79 Å². The molecule has 30 heavy (non-hydrogen) atoms. The van der Waals surface area contributed by atoms with E-state index in [1.54, 1.807) is 36.1 Å². The Kier molecular flexibility index (Phi) is 5.38. The molecule has 0 atom stereocenters. The summed E-state index contributed by atoms with van der Waals surface area (Å²) in [5, 5.41) is 8.40. The van der Waals surface area contributed by atoms with Crippen LogP contribution in [-0.4, -0.2) is 45.8 Å². The SMILES string of the molecule is Cc1nn(-c2ccccc2)nc1C(=O)OCC(=O)c1ccc(N2CCCC2=O)cc1. The van der Waals surface area contributed by atoms with Crippen molar-refractivity contribution in [1.29, 1.82) is 0 Å². The van der Waals surface area contributed by atoms with Gasteiger partial charge in [-0.05, 0) is 49.7 Å². The molecule has 152 valence electrons. The third kappa shape index (κ3) is 3.98. The number of ether oxygens (including phenoxy) is 1. The van der Waals surface area contributed by atoms with E-state index in [2.05, 4.69) is 10.2 Å². The fraction of sp³-hybridized carbons (Fsp3) is 0.227. The number of aryl methyl sites for hydroxylation is 1. The lowest BCUT2D eigenvalue weighted by molar-refractivity contribution is -0.117. The number of rotatable bonds is 6. The smallest absolute Gasteiger partial charge is 0.361 e. The minimum Gasteiger partial charge on any atom is -0.452 e. The van der Waals surface area contributed by atoms with Crippen LogP contribution in [0, 0.1) is 6.92 Å². The summed E-state index contributed by atoms with van der Waals surface area (Å²) in [4.78, 5) is 39.6. The van der Waals surface area contributed by atoms with Crippen molar-refractivity contribution in [1.82, 2.24) is 15.0 Å². The number of aromatic nitrogens is 3. The summed E-state index contributed by atoms with van der Waals surface area (Å²) in [6, 6.07) is 15.9. The number of nitrogens with zero attached hydrogens (tertiary/aromatic N) is 4. The molecule has 0 saturated carbocycles. The lowest BCUT2D eigenvalue weighted by Crippen LogP contribution is -2.23. The standard InChI is InChI=1S/C22H20N4O4/c1-15-21(24-26(23-15)18-6-3-2-4-7-18)22(29)30-14-19(27)16-9-11-17(12-10-16)25-13-5-8-20(25)28/h2-4,6-7,9-12H,5,8,13-14H2,1H3. The first-order chi connectivity index (χ1) is 14.5. The van der Waals surface area contributed by atoms with Crippen molar-refractivity contribution in [2.24, 2.45) is 0 Å². The summed E-state index contributed by atoms with van der Waals surface area (Å²) in [5.74, 6) is -0.958. The second-order valence-corrected chi connectivity index (χ2v) is 6.95. The molecule has 0 N–H and O–H groups in total. The first-order valence-electron chi connectivity index (χ1n) is 9.63. The highest BCUT2D eigenvalue weighted by molar-refractivity contribution is 6.00. The summed E-state index contributed by atoms with van der Waals surface area (Å²) in [7, 11) is 0. The maximum Gasteiger partial charge on any atom is 0.361 e. The topological polar surface area (TPSA) is 94.4 Å². The van der Waals surface area contributed by atoms with Gasteiger partial charge in [0.2, 0.25) is 5.91 Å². The number of carbonyl (C=O) groups excluding carboxylic acids is 3. The summed E-state index contributed by atoms with van der Waals surface area (Å²) in [5.41, 5.74) is 2.36. The second-order valence-electron chi connectivity index (χ2n) is 6.95. The Balaban J connectivity index is 1.39. The van der Waals surface area contributed by atoms with Crippen molar-refractivity contribution >= 4 is 23.3 Å². The van der Waals surface area contributed by atoms with Gasteiger partial charge in [-0.15, -0.1) is 5.10 Å². The van der Waals surface area contributed by atoms with Crippen molar-refractivity contribution in [3.63, 3.8) is 0 Å². The zero-order valence-electron chi connectivity index (χ0n) is 16.4. The number of hydrogen-bond acceptors (Lipinski definition) is 6. The molecule has 0 spiro atoms. The Morgan fingerprint density at radius 3 is 2.40 bits per heavy atom. The maximum atomic E-state index is 12.4. The van der Waals surface area contributed by atoms with E-state index < -0.39 is 12.6 Å². The van der Waals surface area contributed by atoms with Crippen LogP contribution in [0.1, 0.15) is 39.4 Å². The van der Waals surface area contributed by atoms with Crippen LogP contribution < -0.4 is 4.90 Å². The van der Waals surface area contributed by atoms with Crippen molar-refractivity contribution in [2.75, 3.05) is 18.1 Å². The second kappa shape index (κ2) is 8.28. The highest BCUT2D eigenvalue weighted by Gasteiger charge is 2.22. The fourth-order valence-electron chi connectivity index (χ4n) is 3.28. The Morgan fingerprint density at radius 1 is 1.00 bits per heavy atom. The van der Waals surface area contributed by atoms with E-state index in [9.17, 15) is 14.4 Å². The molecule has 8 heteroatoms. The lowest BCUT2D eigenvalue weighted by Gasteiger charge is -2.15. The molecule has 0 bridgehead atoms. The number of anilines is 1. The molecule has 1 fully saturated rings. The molecule has 3 aromatic rings. The van der Waals surface area contributed by atoms with Crippen LogP contribution >= 0.6 is 0 Å². The third-order valence-electron chi connectivity index (χ3n) is 4.87. The Bertz CT molecular complexity index is 1090. The van der Waals surface area contributed by atoms with Gasteiger partial charge in [0.1, 0.15) is 0 Å². The number of ketones is 1. The number of esters is 1. The fourth-order valence-corrected chi connectivity index (χ4v) is 3.28. The van der Waals surface area contributed by atoms with E-state index in [0.717, 1.165) is 12.1 Å². The van der Waals surface area contributed by atoms with Crippen LogP contribution in [0.2, 0.25) is 0 Å². The molecular formula is C22H20N4O4. The van der Waals surface area contributed by atoms with Gasteiger partial charge >= 0.3 is 5.97 Å². The van der Waals surface area contributed by atoms with Gasteiger partial charge in [0.15, 0.2) is 18.1 Å². The highest BCUT2D eigenvalue weighted by atomic mass is 16.5. The van der Waals surface area contributed by atoms with Crippen molar-refractivity contribution in [2.45, 2.75) is 19.8 Å². The normalized spacial score (nSPS) is 13.5. The van der Waals surface area contributed by atoms with Crippen LogP contribution in [0.15, 0.2) is 54.6 Å². The number of benzene rings is 2. The predicted molar refractivity (Wildman–Crippen MR) is 109 cm³/mol. The average molecular weight is 404 g/mol. The zero-order valence-corrected chi connectivity index (χ0v) is 16.4. The minimum atomic E-state index is -0.706. The van der Waals surface area contributed by atoms with Gasteiger partial charge in [0.25, 0.3) is 0 Å². The van der Waals surface area contributed by atoms with Crippen molar-refractivity contribution in [3.05, 3.63) is 71.5 Å².